The number of aromatic nitrogens is 3. The molecule has 0 amide bonds. The summed E-state index contributed by atoms with van der Waals surface area (Å²) < 4.78 is 5.78. The van der Waals surface area contributed by atoms with Gasteiger partial charge in [-0.15, -0.1) is 0 Å². The fraction of sp³-hybridized carbons (Fsp3) is 0.611. The largest absolute Gasteiger partial charge is 0.299 e. The van der Waals surface area contributed by atoms with Gasteiger partial charge in [-0.1, -0.05) is 20.8 Å². The smallest absolute Gasteiger partial charge is 0.266 e. The molecule has 0 aliphatic carbocycles. The van der Waals surface area contributed by atoms with Gasteiger partial charge in [0.1, 0.15) is 0 Å². The van der Waals surface area contributed by atoms with Crippen molar-refractivity contribution in [3.63, 3.8) is 0 Å². The molecule has 0 saturated carbocycles. The second-order valence-corrected chi connectivity index (χ2v) is 8.34. The molecule has 2 aromatic rings. The number of hydrogen-bond donors (Lipinski definition) is 0. The van der Waals surface area contributed by atoms with E-state index in [1.807, 2.05) is 12.3 Å². The number of rotatable bonds is 5. The average Bonchev–Trinajstić information content (AvgIpc) is 3.07. The van der Waals surface area contributed by atoms with Gasteiger partial charge in [-0.3, -0.25) is 14.6 Å². The molecule has 0 spiro atoms. The Hall–Kier alpha value is -1.57. The maximum absolute atomic E-state index is 12.1. The molecule has 1 aliphatic heterocycles. The van der Waals surface area contributed by atoms with E-state index in [2.05, 4.69) is 45.4 Å². The van der Waals surface area contributed by atoms with E-state index in [0.717, 1.165) is 45.0 Å². The van der Waals surface area contributed by atoms with Crippen molar-refractivity contribution in [2.75, 3.05) is 32.7 Å². The van der Waals surface area contributed by atoms with Gasteiger partial charge in [0.15, 0.2) is 0 Å². The molecule has 0 bridgehead atoms. The predicted molar refractivity (Wildman–Crippen MR) is 101 cm³/mol. The minimum Gasteiger partial charge on any atom is -0.299 e. The average molecular weight is 362 g/mol. The first-order chi connectivity index (χ1) is 11.9. The van der Waals surface area contributed by atoms with Gasteiger partial charge in [-0.2, -0.15) is 5.10 Å². The van der Waals surface area contributed by atoms with E-state index in [4.69, 9.17) is 0 Å². The number of nitrogens with zero attached hydrogens (tertiary/aromatic N) is 5. The fourth-order valence-electron chi connectivity index (χ4n) is 2.98. The van der Waals surface area contributed by atoms with Crippen molar-refractivity contribution in [1.82, 2.24) is 24.0 Å². The van der Waals surface area contributed by atoms with Gasteiger partial charge >= 0.3 is 0 Å². The van der Waals surface area contributed by atoms with Crippen LogP contribution in [0.25, 0.3) is 0 Å². The van der Waals surface area contributed by atoms with Crippen LogP contribution >= 0.6 is 11.5 Å². The van der Waals surface area contributed by atoms with E-state index in [9.17, 15) is 4.79 Å². The third kappa shape index (κ3) is 4.96. The standard InChI is InChI=1S/C18H27N5OS/c1-18(2,3)16-4-5-17(24)23(20-16)11-10-21-6-8-22(9-7-21)13-15-12-19-25-14-15/h4-5,12,14H,6-11,13H2,1-3H3. The highest BCUT2D eigenvalue weighted by atomic mass is 32.1. The topological polar surface area (TPSA) is 54.3 Å². The van der Waals surface area contributed by atoms with Crippen molar-refractivity contribution < 1.29 is 0 Å². The Labute approximate surface area is 153 Å². The summed E-state index contributed by atoms with van der Waals surface area (Å²) in [5, 5.41) is 6.67. The lowest BCUT2D eigenvalue weighted by Gasteiger charge is -2.34. The third-order valence-corrected chi connectivity index (χ3v) is 5.25. The normalized spacial score (nSPS) is 17.1. The van der Waals surface area contributed by atoms with Crippen LogP contribution in [0.1, 0.15) is 32.0 Å². The van der Waals surface area contributed by atoms with Crippen molar-refractivity contribution >= 4 is 11.5 Å². The molecule has 1 aliphatic rings. The van der Waals surface area contributed by atoms with E-state index in [-0.39, 0.29) is 11.0 Å². The van der Waals surface area contributed by atoms with Crippen molar-refractivity contribution in [2.24, 2.45) is 0 Å². The van der Waals surface area contributed by atoms with Crippen LogP contribution in [0.2, 0.25) is 0 Å². The van der Waals surface area contributed by atoms with Crippen LogP contribution in [0.5, 0.6) is 0 Å². The molecule has 3 heterocycles. The lowest BCUT2D eigenvalue weighted by Crippen LogP contribution is -2.47. The number of hydrogen-bond acceptors (Lipinski definition) is 6. The van der Waals surface area contributed by atoms with Gasteiger partial charge in [-0.05, 0) is 23.2 Å². The summed E-state index contributed by atoms with van der Waals surface area (Å²) in [6.07, 6.45) is 1.96. The van der Waals surface area contributed by atoms with Gasteiger partial charge in [0, 0.05) is 62.3 Å². The molecular weight excluding hydrogens is 334 g/mol. The highest BCUT2D eigenvalue weighted by Crippen LogP contribution is 2.18. The Morgan fingerprint density at radius 3 is 2.44 bits per heavy atom. The van der Waals surface area contributed by atoms with Crippen LogP contribution in [0.3, 0.4) is 0 Å². The molecule has 0 unspecified atom stereocenters. The van der Waals surface area contributed by atoms with Gasteiger partial charge in [0.05, 0.1) is 12.2 Å². The first kappa shape index (κ1) is 18.2. The van der Waals surface area contributed by atoms with Gasteiger partial charge in [0.2, 0.25) is 0 Å². The van der Waals surface area contributed by atoms with Crippen LogP contribution in [-0.2, 0) is 18.5 Å². The second kappa shape index (κ2) is 7.76. The van der Waals surface area contributed by atoms with Gasteiger partial charge in [0.25, 0.3) is 5.56 Å². The van der Waals surface area contributed by atoms with Gasteiger partial charge < -0.3 is 0 Å². The molecule has 25 heavy (non-hydrogen) atoms. The summed E-state index contributed by atoms with van der Waals surface area (Å²) in [6, 6.07) is 3.48. The zero-order chi connectivity index (χ0) is 17.9. The molecule has 1 saturated heterocycles. The summed E-state index contributed by atoms with van der Waals surface area (Å²) in [5.74, 6) is 0. The van der Waals surface area contributed by atoms with E-state index in [1.54, 1.807) is 10.7 Å². The van der Waals surface area contributed by atoms with Crippen molar-refractivity contribution in [2.45, 2.75) is 39.3 Å². The molecule has 0 atom stereocenters. The minimum atomic E-state index is -0.0441. The molecule has 6 nitrogen and oxygen atoms in total. The summed E-state index contributed by atoms with van der Waals surface area (Å²) in [5.41, 5.74) is 2.20. The minimum absolute atomic E-state index is 0.0170. The van der Waals surface area contributed by atoms with Gasteiger partial charge in [-0.25, -0.2) is 9.06 Å². The third-order valence-electron chi connectivity index (χ3n) is 4.62. The van der Waals surface area contributed by atoms with E-state index >= 15 is 0 Å². The summed E-state index contributed by atoms with van der Waals surface area (Å²) in [6.45, 7) is 13.0. The molecule has 0 N–H and O–H groups in total. The predicted octanol–water partition coefficient (Wildman–Crippen LogP) is 1.82. The maximum Gasteiger partial charge on any atom is 0.266 e. The van der Waals surface area contributed by atoms with Crippen LogP contribution in [0.4, 0.5) is 0 Å². The Balaban J connectivity index is 1.51. The first-order valence-electron chi connectivity index (χ1n) is 8.83. The van der Waals surface area contributed by atoms with Crippen LogP contribution in [-0.4, -0.2) is 56.7 Å². The van der Waals surface area contributed by atoms with Crippen molar-refractivity contribution in [1.29, 1.82) is 0 Å². The SMILES string of the molecule is CC(C)(C)c1ccc(=O)n(CCN2CCN(Cc3cnsc3)CC2)n1. The van der Waals surface area contributed by atoms with Crippen LogP contribution in [0, 0.1) is 0 Å². The molecule has 7 heteroatoms. The Kier molecular flexibility index (Phi) is 5.66. The van der Waals surface area contributed by atoms with Crippen LogP contribution in [0.15, 0.2) is 28.5 Å². The Bertz CT molecular complexity index is 727. The van der Waals surface area contributed by atoms with E-state index in [0.29, 0.717) is 6.54 Å². The molecule has 1 fully saturated rings. The van der Waals surface area contributed by atoms with Crippen LogP contribution < -0.4 is 5.56 Å². The molecule has 2 aromatic heterocycles. The zero-order valence-electron chi connectivity index (χ0n) is 15.3. The molecule has 0 radical (unpaired) electrons. The quantitative estimate of drug-likeness (QED) is 0.813. The van der Waals surface area contributed by atoms with E-state index in [1.165, 1.54) is 17.1 Å². The monoisotopic (exact) mass is 361 g/mol. The molecule has 3 rings (SSSR count). The Morgan fingerprint density at radius 2 is 1.80 bits per heavy atom. The first-order valence-corrected chi connectivity index (χ1v) is 9.67. The lowest BCUT2D eigenvalue weighted by molar-refractivity contribution is 0.122. The maximum atomic E-state index is 12.1. The fourth-order valence-corrected chi connectivity index (χ4v) is 3.51. The summed E-state index contributed by atoms with van der Waals surface area (Å²) in [7, 11) is 0. The second-order valence-electron chi connectivity index (χ2n) is 7.68. The highest BCUT2D eigenvalue weighted by molar-refractivity contribution is 7.03. The summed E-state index contributed by atoms with van der Waals surface area (Å²) >= 11 is 1.51. The zero-order valence-corrected chi connectivity index (χ0v) is 16.1. The van der Waals surface area contributed by atoms with Crippen molar-refractivity contribution in [3.05, 3.63) is 45.3 Å². The molecular formula is C18H27N5OS. The lowest BCUT2D eigenvalue weighted by atomic mass is 9.92. The molecule has 136 valence electrons. The Morgan fingerprint density at radius 1 is 1.08 bits per heavy atom. The highest BCUT2D eigenvalue weighted by Gasteiger charge is 2.19. The van der Waals surface area contributed by atoms with Crippen molar-refractivity contribution in [3.8, 4) is 0 Å². The molecule has 0 aromatic carbocycles. The number of piperazine rings is 1. The van der Waals surface area contributed by atoms with E-state index < -0.39 is 0 Å². The summed E-state index contributed by atoms with van der Waals surface area (Å²) in [4.78, 5) is 16.9.